The molecule has 1 aliphatic rings. The Morgan fingerprint density at radius 3 is 1.34 bits per heavy atom. The van der Waals surface area contributed by atoms with Gasteiger partial charge < -0.3 is 4.90 Å². The number of aryl methyl sites for hydroxylation is 1. The van der Waals surface area contributed by atoms with Gasteiger partial charge in [0.05, 0.1) is 0 Å². The minimum absolute atomic E-state index is 0.233. The average Bonchev–Trinajstić information content (AvgIpc) is 3.55. The van der Waals surface area contributed by atoms with E-state index in [-0.39, 0.29) is 5.92 Å². The normalized spacial score (nSPS) is 13.0. The van der Waals surface area contributed by atoms with Crippen molar-refractivity contribution < 1.29 is 0 Å². The Balaban J connectivity index is 1.04. The minimum Gasteiger partial charge on any atom is -0.310 e. The van der Waals surface area contributed by atoms with Crippen molar-refractivity contribution in [2.45, 2.75) is 18.8 Å². The number of para-hydroxylation sites is 1. The first kappa shape index (κ1) is 38.9. The monoisotopic (exact) mass is 817 g/mol. The molecule has 11 rings (SSSR count). The Hall–Kier alpha value is -8.00. The molecule has 1 unspecified atom stereocenters. The molecule has 0 saturated heterocycles. The van der Waals surface area contributed by atoms with Crippen LogP contribution in [0.25, 0.3) is 66.8 Å². The summed E-state index contributed by atoms with van der Waals surface area (Å²) in [6, 6.07) is 93.3. The van der Waals surface area contributed by atoms with Crippen molar-refractivity contribution in [3.05, 3.63) is 271 Å². The van der Waals surface area contributed by atoms with Crippen LogP contribution in [-0.2, 0) is 6.42 Å². The second kappa shape index (κ2) is 17.4. The zero-order chi connectivity index (χ0) is 42.7. The van der Waals surface area contributed by atoms with E-state index in [1.54, 1.807) is 0 Å². The van der Waals surface area contributed by atoms with Crippen LogP contribution in [0.1, 0.15) is 29.0 Å². The summed E-state index contributed by atoms with van der Waals surface area (Å²) in [6.45, 7) is 0. The fourth-order valence-corrected chi connectivity index (χ4v) is 9.83. The van der Waals surface area contributed by atoms with Crippen LogP contribution >= 0.6 is 0 Å². The average molecular weight is 818 g/mol. The molecule has 0 amide bonds. The van der Waals surface area contributed by atoms with E-state index >= 15 is 0 Å². The molecule has 0 fully saturated rings. The molecule has 0 N–H and O–H groups in total. The number of hydrogen-bond donors (Lipinski definition) is 0. The number of fused-ring (bicyclic) bond motifs is 3. The summed E-state index contributed by atoms with van der Waals surface area (Å²) in [5.41, 5.74) is 22.3. The van der Waals surface area contributed by atoms with E-state index in [2.05, 4.69) is 260 Å². The van der Waals surface area contributed by atoms with E-state index in [1.165, 1.54) is 83.5 Å². The van der Waals surface area contributed by atoms with Gasteiger partial charge in [-0.1, -0.05) is 212 Å². The maximum Gasteiger partial charge on any atom is 0.0468 e. The van der Waals surface area contributed by atoms with Gasteiger partial charge >= 0.3 is 0 Å². The standard InChI is InChI=1S/C63H47N/c1-4-17-45(18-5-1)47-31-33-48(34-32-47)49-35-38-54(39-36-49)64(53-24-8-3-9-25-53)55-40-42-62(63(44-55)52-23-16-22-51(43-52)46-19-6-2-7-20-46)60-30-15-14-29-59(60)61-41-37-50-21-10-11-26-56(50)57-27-12-13-28-58(57)61/h1-36,38-40,42-44,61H,37,41H2. The lowest BCUT2D eigenvalue weighted by atomic mass is 9.80. The fourth-order valence-electron chi connectivity index (χ4n) is 9.83. The van der Waals surface area contributed by atoms with Crippen LogP contribution in [0.3, 0.4) is 0 Å². The number of anilines is 3. The largest absolute Gasteiger partial charge is 0.310 e. The first-order chi connectivity index (χ1) is 31.7. The van der Waals surface area contributed by atoms with Crippen LogP contribution in [0.4, 0.5) is 17.1 Å². The van der Waals surface area contributed by atoms with Gasteiger partial charge in [0, 0.05) is 23.0 Å². The summed E-state index contributed by atoms with van der Waals surface area (Å²) in [5, 5.41) is 0. The summed E-state index contributed by atoms with van der Waals surface area (Å²) in [7, 11) is 0. The highest BCUT2D eigenvalue weighted by Gasteiger charge is 2.26. The van der Waals surface area contributed by atoms with Gasteiger partial charge in [-0.25, -0.2) is 0 Å². The van der Waals surface area contributed by atoms with Crippen molar-refractivity contribution in [3.8, 4) is 66.8 Å². The molecule has 1 aliphatic carbocycles. The molecule has 10 aromatic carbocycles. The molecule has 0 bridgehead atoms. The van der Waals surface area contributed by atoms with Crippen LogP contribution in [0.15, 0.2) is 255 Å². The second-order valence-electron chi connectivity index (χ2n) is 16.8. The third kappa shape index (κ3) is 7.63. The highest BCUT2D eigenvalue weighted by molar-refractivity contribution is 5.91. The highest BCUT2D eigenvalue weighted by Crippen LogP contribution is 2.47. The zero-order valence-electron chi connectivity index (χ0n) is 35.7. The van der Waals surface area contributed by atoms with Gasteiger partial charge in [-0.2, -0.15) is 0 Å². The maximum atomic E-state index is 2.41. The van der Waals surface area contributed by atoms with E-state index in [4.69, 9.17) is 0 Å². The fraction of sp³-hybridized carbons (Fsp3) is 0.0476. The molecule has 64 heavy (non-hydrogen) atoms. The molecule has 0 spiro atoms. The Morgan fingerprint density at radius 1 is 0.266 bits per heavy atom. The summed E-state index contributed by atoms with van der Waals surface area (Å²) in [5.74, 6) is 0.233. The van der Waals surface area contributed by atoms with Crippen molar-refractivity contribution in [2.75, 3.05) is 4.90 Å². The van der Waals surface area contributed by atoms with E-state index < -0.39 is 0 Å². The molecular weight excluding hydrogens is 771 g/mol. The predicted molar refractivity (Wildman–Crippen MR) is 270 cm³/mol. The third-order valence-electron chi connectivity index (χ3n) is 13.0. The van der Waals surface area contributed by atoms with Crippen molar-refractivity contribution in [3.63, 3.8) is 0 Å². The molecule has 0 radical (unpaired) electrons. The summed E-state index contributed by atoms with van der Waals surface area (Å²) in [4.78, 5) is 2.39. The van der Waals surface area contributed by atoms with Gasteiger partial charge in [-0.15, -0.1) is 0 Å². The van der Waals surface area contributed by atoms with Crippen molar-refractivity contribution >= 4 is 17.1 Å². The summed E-state index contributed by atoms with van der Waals surface area (Å²) >= 11 is 0. The Bertz CT molecular complexity index is 3190. The van der Waals surface area contributed by atoms with Crippen LogP contribution in [-0.4, -0.2) is 0 Å². The Morgan fingerprint density at radius 2 is 0.703 bits per heavy atom. The molecule has 0 aromatic heterocycles. The van der Waals surface area contributed by atoms with Crippen LogP contribution < -0.4 is 4.90 Å². The lowest BCUT2D eigenvalue weighted by Crippen LogP contribution is -2.10. The molecule has 1 heteroatoms. The second-order valence-corrected chi connectivity index (χ2v) is 16.8. The molecule has 304 valence electrons. The molecule has 0 aliphatic heterocycles. The van der Waals surface area contributed by atoms with E-state index in [9.17, 15) is 0 Å². The van der Waals surface area contributed by atoms with Crippen molar-refractivity contribution in [2.24, 2.45) is 0 Å². The van der Waals surface area contributed by atoms with Crippen molar-refractivity contribution in [1.82, 2.24) is 0 Å². The van der Waals surface area contributed by atoms with E-state index in [0.717, 1.165) is 29.9 Å². The molecule has 1 atom stereocenters. The van der Waals surface area contributed by atoms with Gasteiger partial charge in [0.25, 0.3) is 0 Å². The van der Waals surface area contributed by atoms with Crippen LogP contribution in [0.5, 0.6) is 0 Å². The maximum absolute atomic E-state index is 2.41. The number of benzene rings is 10. The van der Waals surface area contributed by atoms with Crippen LogP contribution in [0, 0.1) is 0 Å². The van der Waals surface area contributed by atoms with Gasteiger partial charge in [0.1, 0.15) is 0 Å². The van der Waals surface area contributed by atoms with Gasteiger partial charge in [0.15, 0.2) is 0 Å². The van der Waals surface area contributed by atoms with E-state index in [0.29, 0.717) is 0 Å². The molecular formula is C63H47N. The lowest BCUT2D eigenvalue weighted by Gasteiger charge is -2.28. The Kier molecular flexibility index (Phi) is 10.6. The quantitative estimate of drug-likeness (QED) is 0.140. The smallest absolute Gasteiger partial charge is 0.0468 e. The third-order valence-corrected chi connectivity index (χ3v) is 13.0. The number of nitrogens with zero attached hydrogens (tertiary/aromatic N) is 1. The van der Waals surface area contributed by atoms with E-state index in [1.807, 2.05) is 0 Å². The lowest BCUT2D eigenvalue weighted by molar-refractivity contribution is 0.727. The molecule has 10 aromatic rings. The minimum atomic E-state index is 0.233. The van der Waals surface area contributed by atoms with Crippen LogP contribution in [0.2, 0.25) is 0 Å². The SMILES string of the molecule is c1ccc(-c2ccc(-c3ccc(N(c4ccccc4)c4ccc(-c5ccccc5C5CCc6ccccc6-c6ccccc65)c(-c5cccc(-c6ccccc6)c5)c4)cc3)cc2)cc1. The highest BCUT2D eigenvalue weighted by atomic mass is 15.1. The summed E-state index contributed by atoms with van der Waals surface area (Å²) in [6.07, 6.45) is 2.06. The Labute approximate surface area is 377 Å². The predicted octanol–water partition coefficient (Wildman–Crippen LogP) is 17.2. The van der Waals surface area contributed by atoms with Crippen molar-refractivity contribution in [1.29, 1.82) is 0 Å². The first-order valence-corrected chi connectivity index (χ1v) is 22.4. The molecule has 0 saturated carbocycles. The summed E-state index contributed by atoms with van der Waals surface area (Å²) < 4.78 is 0. The van der Waals surface area contributed by atoms with Gasteiger partial charge in [-0.05, 0) is 139 Å². The molecule has 1 nitrogen and oxygen atoms in total. The number of hydrogen-bond acceptors (Lipinski definition) is 1. The number of rotatable bonds is 9. The molecule has 0 heterocycles. The van der Waals surface area contributed by atoms with Gasteiger partial charge in [-0.3, -0.25) is 0 Å². The van der Waals surface area contributed by atoms with Gasteiger partial charge in [0.2, 0.25) is 0 Å². The first-order valence-electron chi connectivity index (χ1n) is 22.4. The zero-order valence-corrected chi connectivity index (χ0v) is 35.7. The topological polar surface area (TPSA) is 3.24 Å².